The zero-order valence-corrected chi connectivity index (χ0v) is 9.82. The number of carbonyl (C=O) groups is 1. The van der Waals surface area contributed by atoms with Gasteiger partial charge < -0.3 is 9.47 Å². The number of ketones is 1. The van der Waals surface area contributed by atoms with Gasteiger partial charge in [-0.1, -0.05) is 18.2 Å². The molecule has 3 heteroatoms. The smallest absolute Gasteiger partial charge is 0.188 e. The van der Waals surface area contributed by atoms with Crippen LogP contribution in [-0.4, -0.2) is 26.6 Å². The summed E-state index contributed by atoms with van der Waals surface area (Å²) in [6, 6.07) is 7.11. The van der Waals surface area contributed by atoms with E-state index in [-0.39, 0.29) is 5.78 Å². The molecule has 0 heterocycles. The van der Waals surface area contributed by atoms with Crippen LogP contribution in [0.2, 0.25) is 0 Å². The highest BCUT2D eigenvalue weighted by Crippen LogP contribution is 2.15. The topological polar surface area (TPSA) is 35.5 Å². The van der Waals surface area contributed by atoms with Gasteiger partial charge >= 0.3 is 0 Å². The number of rotatable bonds is 5. The molecule has 3 nitrogen and oxygen atoms in total. The monoisotopic (exact) mass is 220 g/mol. The summed E-state index contributed by atoms with van der Waals surface area (Å²) in [7, 11) is 3.18. The Balaban J connectivity index is 2.87. The highest BCUT2D eigenvalue weighted by molar-refractivity contribution is 6.08. The maximum absolute atomic E-state index is 11.9. The summed E-state index contributed by atoms with van der Waals surface area (Å²) in [6.07, 6.45) is 1.77. The van der Waals surface area contributed by atoms with Crippen LogP contribution in [0.5, 0.6) is 5.75 Å². The van der Waals surface area contributed by atoms with Crippen molar-refractivity contribution in [2.75, 3.05) is 20.8 Å². The largest absolute Gasteiger partial charge is 0.497 e. The third kappa shape index (κ3) is 3.21. The first-order valence-electron chi connectivity index (χ1n) is 5.03. The number of ether oxygens (including phenoxy) is 2. The lowest BCUT2D eigenvalue weighted by Crippen LogP contribution is -2.02. The van der Waals surface area contributed by atoms with Crippen molar-refractivity contribution in [2.45, 2.75) is 6.92 Å². The molecule has 0 unspecified atom stereocenters. The molecule has 0 N–H and O–H groups in total. The molecule has 0 atom stereocenters. The molecule has 0 bridgehead atoms. The van der Waals surface area contributed by atoms with Crippen LogP contribution in [0.15, 0.2) is 35.9 Å². The molecule has 0 saturated heterocycles. The van der Waals surface area contributed by atoms with E-state index >= 15 is 0 Å². The summed E-state index contributed by atoms with van der Waals surface area (Å²) in [5.74, 6) is 0.682. The third-order valence-corrected chi connectivity index (χ3v) is 2.25. The summed E-state index contributed by atoms with van der Waals surface area (Å²) in [6.45, 7) is 2.22. The first kappa shape index (κ1) is 12.5. The molecule has 86 valence electrons. The van der Waals surface area contributed by atoms with E-state index in [1.807, 2.05) is 6.07 Å². The molecule has 1 aromatic rings. The van der Waals surface area contributed by atoms with Crippen molar-refractivity contribution >= 4 is 5.78 Å². The fourth-order valence-corrected chi connectivity index (χ4v) is 1.29. The van der Waals surface area contributed by atoms with Gasteiger partial charge in [0.2, 0.25) is 0 Å². The van der Waals surface area contributed by atoms with E-state index in [2.05, 4.69) is 0 Å². The predicted octanol–water partition coefficient (Wildman–Crippen LogP) is 2.47. The molecule has 0 aliphatic heterocycles. The van der Waals surface area contributed by atoms with Crippen molar-refractivity contribution in [1.29, 1.82) is 0 Å². The minimum atomic E-state index is -0.00375. The molecule has 0 radical (unpaired) electrons. The van der Waals surface area contributed by atoms with Gasteiger partial charge in [0.05, 0.1) is 13.7 Å². The fraction of sp³-hybridized carbons (Fsp3) is 0.308. The van der Waals surface area contributed by atoms with E-state index in [4.69, 9.17) is 9.47 Å². The minimum absolute atomic E-state index is 0.00375. The van der Waals surface area contributed by atoms with Crippen LogP contribution >= 0.6 is 0 Å². The van der Waals surface area contributed by atoms with Crippen LogP contribution in [0, 0.1) is 0 Å². The van der Waals surface area contributed by atoms with Gasteiger partial charge in [0.15, 0.2) is 5.78 Å². The molecule has 0 aliphatic carbocycles. The zero-order valence-electron chi connectivity index (χ0n) is 9.82. The first-order valence-corrected chi connectivity index (χ1v) is 5.03. The van der Waals surface area contributed by atoms with Gasteiger partial charge in [-0.15, -0.1) is 0 Å². The lowest BCUT2D eigenvalue weighted by atomic mass is 10.0. The molecule has 0 amide bonds. The Labute approximate surface area is 95.7 Å². The zero-order chi connectivity index (χ0) is 12.0. The molecule has 1 rings (SSSR count). The van der Waals surface area contributed by atoms with E-state index in [9.17, 15) is 4.79 Å². The summed E-state index contributed by atoms with van der Waals surface area (Å²) in [5.41, 5.74) is 1.30. The van der Waals surface area contributed by atoms with Crippen LogP contribution < -0.4 is 4.74 Å². The normalized spacial score (nSPS) is 11.3. The van der Waals surface area contributed by atoms with Crippen molar-refractivity contribution in [3.05, 3.63) is 41.5 Å². The Hall–Kier alpha value is -1.61. The van der Waals surface area contributed by atoms with Crippen LogP contribution in [0.3, 0.4) is 0 Å². The van der Waals surface area contributed by atoms with Crippen LogP contribution in [0.25, 0.3) is 0 Å². The number of hydrogen-bond donors (Lipinski definition) is 0. The molecule has 0 aromatic heterocycles. The van der Waals surface area contributed by atoms with Crippen molar-refractivity contribution in [2.24, 2.45) is 0 Å². The molecule has 16 heavy (non-hydrogen) atoms. The van der Waals surface area contributed by atoms with Gasteiger partial charge in [0.1, 0.15) is 5.75 Å². The average Bonchev–Trinajstić information content (AvgIpc) is 2.35. The van der Waals surface area contributed by atoms with E-state index in [0.717, 1.165) is 0 Å². The molecular weight excluding hydrogens is 204 g/mol. The van der Waals surface area contributed by atoms with E-state index in [1.54, 1.807) is 45.4 Å². The number of allylic oxidation sites excluding steroid dienone is 1. The lowest BCUT2D eigenvalue weighted by molar-refractivity contribution is 0.103. The predicted molar refractivity (Wildman–Crippen MR) is 63.0 cm³/mol. The lowest BCUT2D eigenvalue weighted by Gasteiger charge is -2.04. The second-order valence-corrected chi connectivity index (χ2v) is 3.40. The SMILES string of the molecule is COC/C=C(\C)C(=O)c1cccc(OC)c1. The van der Waals surface area contributed by atoms with E-state index < -0.39 is 0 Å². The molecule has 1 aromatic carbocycles. The summed E-state index contributed by atoms with van der Waals surface area (Å²) >= 11 is 0. The number of carbonyl (C=O) groups excluding carboxylic acids is 1. The second-order valence-electron chi connectivity index (χ2n) is 3.40. The first-order chi connectivity index (χ1) is 7.69. The maximum atomic E-state index is 11.9. The molecule has 0 fully saturated rings. The summed E-state index contributed by atoms with van der Waals surface area (Å²) < 4.78 is 9.96. The van der Waals surface area contributed by atoms with Crippen LogP contribution in [-0.2, 0) is 4.74 Å². The Bertz CT molecular complexity index is 394. The second kappa shape index (κ2) is 6.08. The minimum Gasteiger partial charge on any atom is -0.497 e. The quantitative estimate of drug-likeness (QED) is 0.565. The Kier molecular flexibility index (Phi) is 4.73. The van der Waals surface area contributed by atoms with Gasteiger partial charge in [-0.3, -0.25) is 4.79 Å². The molecule has 0 saturated carbocycles. The fourth-order valence-electron chi connectivity index (χ4n) is 1.29. The Morgan fingerprint density at radius 3 is 2.75 bits per heavy atom. The maximum Gasteiger partial charge on any atom is 0.188 e. The van der Waals surface area contributed by atoms with E-state index in [0.29, 0.717) is 23.5 Å². The number of hydrogen-bond acceptors (Lipinski definition) is 3. The molecular formula is C13H16O3. The average molecular weight is 220 g/mol. The summed E-state index contributed by atoms with van der Waals surface area (Å²) in [4.78, 5) is 11.9. The number of benzene rings is 1. The van der Waals surface area contributed by atoms with E-state index in [1.165, 1.54) is 0 Å². The highest BCUT2D eigenvalue weighted by atomic mass is 16.5. The van der Waals surface area contributed by atoms with Gasteiger partial charge in [0.25, 0.3) is 0 Å². The summed E-state index contributed by atoms with van der Waals surface area (Å²) in [5, 5.41) is 0. The van der Waals surface area contributed by atoms with Gasteiger partial charge in [-0.25, -0.2) is 0 Å². The van der Waals surface area contributed by atoms with Crippen molar-refractivity contribution in [3.63, 3.8) is 0 Å². The Morgan fingerprint density at radius 1 is 1.38 bits per heavy atom. The number of Topliss-reactive ketones (excluding diaryl/α,β-unsaturated/α-hetero) is 1. The van der Waals surface area contributed by atoms with Crippen LogP contribution in [0.1, 0.15) is 17.3 Å². The highest BCUT2D eigenvalue weighted by Gasteiger charge is 2.08. The van der Waals surface area contributed by atoms with Gasteiger partial charge in [-0.05, 0) is 24.6 Å². The Morgan fingerprint density at radius 2 is 2.12 bits per heavy atom. The third-order valence-electron chi connectivity index (χ3n) is 2.25. The molecule has 0 aliphatic rings. The van der Waals surface area contributed by atoms with Crippen molar-refractivity contribution in [3.8, 4) is 5.75 Å². The van der Waals surface area contributed by atoms with Gasteiger partial charge in [-0.2, -0.15) is 0 Å². The standard InChI is InChI=1S/C13H16O3/c1-10(7-8-15-2)13(14)11-5-4-6-12(9-11)16-3/h4-7,9H,8H2,1-3H3/b10-7+. The number of methoxy groups -OCH3 is 2. The van der Waals surface area contributed by atoms with Crippen LogP contribution in [0.4, 0.5) is 0 Å². The van der Waals surface area contributed by atoms with Gasteiger partial charge in [0, 0.05) is 12.7 Å². The van der Waals surface area contributed by atoms with Crippen molar-refractivity contribution < 1.29 is 14.3 Å². The molecule has 0 spiro atoms. The van der Waals surface area contributed by atoms with Crippen molar-refractivity contribution in [1.82, 2.24) is 0 Å².